The van der Waals surface area contributed by atoms with Crippen molar-refractivity contribution >= 4 is 6.21 Å². The molecule has 5 nitrogen and oxygen atoms in total. The minimum Gasteiger partial charge on any atom is -0.497 e. The second-order valence-corrected chi connectivity index (χ2v) is 6.34. The van der Waals surface area contributed by atoms with E-state index < -0.39 is 0 Å². The molecule has 0 radical (unpaired) electrons. The van der Waals surface area contributed by atoms with Gasteiger partial charge in [0.15, 0.2) is 0 Å². The van der Waals surface area contributed by atoms with Crippen LogP contribution in [0.3, 0.4) is 0 Å². The third-order valence-electron chi connectivity index (χ3n) is 4.64. The van der Waals surface area contributed by atoms with Crippen molar-refractivity contribution in [1.29, 1.82) is 5.41 Å². The summed E-state index contributed by atoms with van der Waals surface area (Å²) in [7, 11) is 1.67. The number of nitrogens with one attached hydrogen (secondary N) is 2. The highest BCUT2D eigenvalue weighted by molar-refractivity contribution is 5.84. The predicted molar refractivity (Wildman–Crippen MR) is 99.6 cm³/mol. The SMILES string of the molecule is C=C1C(C=N)=C(NC2CCOC2)C=C(C)N1Cc1ccc(OC)cc1. The molecule has 2 aliphatic heterocycles. The molecule has 5 heteroatoms. The van der Waals surface area contributed by atoms with Crippen molar-refractivity contribution in [2.24, 2.45) is 0 Å². The molecule has 0 spiro atoms. The van der Waals surface area contributed by atoms with E-state index in [4.69, 9.17) is 14.9 Å². The maximum Gasteiger partial charge on any atom is 0.118 e. The molecule has 1 fully saturated rings. The Morgan fingerprint density at radius 2 is 2.16 bits per heavy atom. The fraction of sp³-hybridized carbons (Fsp3) is 0.350. The van der Waals surface area contributed by atoms with Crippen molar-refractivity contribution in [3.63, 3.8) is 0 Å². The average molecular weight is 339 g/mol. The molecular formula is C20H25N3O2. The van der Waals surface area contributed by atoms with E-state index >= 15 is 0 Å². The summed E-state index contributed by atoms with van der Waals surface area (Å²) in [5, 5.41) is 11.3. The topological polar surface area (TPSA) is 57.6 Å². The molecule has 2 heterocycles. The summed E-state index contributed by atoms with van der Waals surface area (Å²) in [4.78, 5) is 2.14. The minimum atomic E-state index is 0.301. The first kappa shape index (κ1) is 17.3. The number of allylic oxidation sites excluding steroid dienone is 3. The van der Waals surface area contributed by atoms with Gasteiger partial charge in [0.25, 0.3) is 0 Å². The lowest BCUT2D eigenvalue weighted by Gasteiger charge is -2.33. The molecule has 2 N–H and O–H groups in total. The van der Waals surface area contributed by atoms with E-state index in [1.807, 2.05) is 12.1 Å². The Labute approximate surface area is 149 Å². The summed E-state index contributed by atoms with van der Waals surface area (Å²) in [6.07, 6.45) is 4.46. The zero-order chi connectivity index (χ0) is 17.8. The molecule has 1 unspecified atom stereocenters. The van der Waals surface area contributed by atoms with Crippen LogP contribution in [0.25, 0.3) is 0 Å². The van der Waals surface area contributed by atoms with Gasteiger partial charge in [0, 0.05) is 42.0 Å². The van der Waals surface area contributed by atoms with Crippen molar-refractivity contribution in [2.75, 3.05) is 20.3 Å². The van der Waals surface area contributed by atoms with Gasteiger partial charge in [0.05, 0.1) is 19.8 Å². The number of hydrogen-bond acceptors (Lipinski definition) is 5. The van der Waals surface area contributed by atoms with Crippen LogP contribution >= 0.6 is 0 Å². The first-order valence-electron chi connectivity index (χ1n) is 8.49. The van der Waals surface area contributed by atoms with Gasteiger partial charge in [-0.3, -0.25) is 0 Å². The Kier molecular flexibility index (Phi) is 5.24. The largest absolute Gasteiger partial charge is 0.497 e. The zero-order valence-electron chi connectivity index (χ0n) is 14.8. The molecule has 1 atom stereocenters. The maximum absolute atomic E-state index is 7.83. The molecule has 2 aliphatic rings. The van der Waals surface area contributed by atoms with Crippen LogP contribution in [-0.4, -0.2) is 37.5 Å². The summed E-state index contributed by atoms with van der Waals surface area (Å²) in [6, 6.07) is 8.33. The van der Waals surface area contributed by atoms with E-state index in [0.717, 1.165) is 41.4 Å². The van der Waals surface area contributed by atoms with Gasteiger partial charge >= 0.3 is 0 Å². The highest BCUT2D eigenvalue weighted by Crippen LogP contribution is 2.29. The molecule has 25 heavy (non-hydrogen) atoms. The number of ether oxygens (including phenoxy) is 2. The number of rotatable bonds is 6. The summed E-state index contributed by atoms with van der Waals surface area (Å²) >= 11 is 0. The second-order valence-electron chi connectivity index (χ2n) is 6.34. The first-order chi connectivity index (χ1) is 12.1. The highest BCUT2D eigenvalue weighted by Gasteiger charge is 2.24. The molecule has 1 aromatic carbocycles. The Morgan fingerprint density at radius 3 is 2.76 bits per heavy atom. The summed E-state index contributed by atoms with van der Waals surface area (Å²) in [5.74, 6) is 0.846. The van der Waals surface area contributed by atoms with Crippen molar-refractivity contribution in [2.45, 2.75) is 25.9 Å². The molecule has 1 aromatic rings. The van der Waals surface area contributed by atoms with Gasteiger partial charge in [-0.2, -0.15) is 0 Å². The molecular weight excluding hydrogens is 314 g/mol. The number of benzene rings is 1. The Balaban J connectivity index is 1.78. The lowest BCUT2D eigenvalue weighted by molar-refractivity contribution is 0.191. The van der Waals surface area contributed by atoms with Crippen LogP contribution in [0, 0.1) is 5.41 Å². The van der Waals surface area contributed by atoms with E-state index in [0.29, 0.717) is 19.2 Å². The van der Waals surface area contributed by atoms with Gasteiger partial charge in [0.2, 0.25) is 0 Å². The van der Waals surface area contributed by atoms with Gasteiger partial charge < -0.3 is 25.1 Å². The van der Waals surface area contributed by atoms with Gasteiger partial charge in [0.1, 0.15) is 5.75 Å². The summed E-state index contributed by atoms with van der Waals surface area (Å²) in [6.45, 7) is 8.52. The minimum absolute atomic E-state index is 0.301. The summed E-state index contributed by atoms with van der Waals surface area (Å²) in [5.41, 5.74) is 4.89. The van der Waals surface area contributed by atoms with Crippen molar-refractivity contribution in [1.82, 2.24) is 10.2 Å². The number of methoxy groups -OCH3 is 1. The monoisotopic (exact) mass is 339 g/mol. The lowest BCUT2D eigenvalue weighted by atomic mass is 10.0. The van der Waals surface area contributed by atoms with Gasteiger partial charge in [-0.15, -0.1) is 0 Å². The molecule has 132 valence electrons. The van der Waals surface area contributed by atoms with Crippen molar-refractivity contribution < 1.29 is 9.47 Å². The van der Waals surface area contributed by atoms with E-state index in [-0.39, 0.29) is 0 Å². The third kappa shape index (κ3) is 3.77. The van der Waals surface area contributed by atoms with Crippen LogP contribution in [0.2, 0.25) is 0 Å². The van der Waals surface area contributed by atoms with E-state index in [9.17, 15) is 0 Å². The Bertz CT molecular complexity index is 713. The molecule has 0 saturated carbocycles. The average Bonchev–Trinajstić information content (AvgIpc) is 3.12. The highest BCUT2D eigenvalue weighted by atomic mass is 16.5. The molecule has 0 amide bonds. The van der Waals surface area contributed by atoms with Gasteiger partial charge in [-0.05, 0) is 37.1 Å². The number of nitrogens with zero attached hydrogens (tertiary/aromatic N) is 1. The van der Waals surface area contributed by atoms with Gasteiger partial charge in [-0.25, -0.2) is 0 Å². The smallest absolute Gasteiger partial charge is 0.118 e. The number of hydrogen-bond donors (Lipinski definition) is 2. The Morgan fingerprint density at radius 1 is 1.40 bits per heavy atom. The first-order valence-corrected chi connectivity index (χ1v) is 8.49. The third-order valence-corrected chi connectivity index (χ3v) is 4.64. The Hall–Kier alpha value is -2.53. The zero-order valence-corrected chi connectivity index (χ0v) is 14.8. The standard InChI is InChI=1S/C20H25N3O2/c1-14-10-20(22-17-8-9-25-13-17)19(11-21)15(2)23(14)12-16-4-6-18(24-3)7-5-16/h4-7,10-11,17,21-22H,2,8-9,12-13H2,1,3H3. The fourth-order valence-corrected chi connectivity index (χ4v) is 3.16. The summed E-state index contributed by atoms with van der Waals surface area (Å²) < 4.78 is 10.6. The van der Waals surface area contributed by atoms with Crippen LogP contribution in [0.15, 0.2) is 59.6 Å². The van der Waals surface area contributed by atoms with E-state index in [1.54, 1.807) is 7.11 Å². The van der Waals surface area contributed by atoms with Crippen molar-refractivity contribution in [3.8, 4) is 5.75 Å². The molecule has 1 saturated heterocycles. The second kappa shape index (κ2) is 7.57. The van der Waals surface area contributed by atoms with Crippen LogP contribution in [0.5, 0.6) is 5.75 Å². The van der Waals surface area contributed by atoms with Crippen LogP contribution in [0.1, 0.15) is 18.9 Å². The molecule has 3 rings (SSSR count). The van der Waals surface area contributed by atoms with Crippen LogP contribution in [-0.2, 0) is 11.3 Å². The fourth-order valence-electron chi connectivity index (χ4n) is 3.16. The lowest BCUT2D eigenvalue weighted by Crippen LogP contribution is -2.34. The quantitative estimate of drug-likeness (QED) is 0.782. The molecule has 0 bridgehead atoms. The van der Waals surface area contributed by atoms with Crippen molar-refractivity contribution in [3.05, 3.63) is 65.1 Å². The molecule has 0 aromatic heterocycles. The van der Waals surface area contributed by atoms with E-state index in [2.05, 4.69) is 41.9 Å². The predicted octanol–water partition coefficient (Wildman–Crippen LogP) is 3.21. The molecule has 0 aliphatic carbocycles. The van der Waals surface area contributed by atoms with Gasteiger partial charge in [-0.1, -0.05) is 18.7 Å². The maximum atomic E-state index is 7.83. The normalized spacial score (nSPS) is 20.6. The van der Waals surface area contributed by atoms with Crippen LogP contribution < -0.4 is 10.1 Å². The van der Waals surface area contributed by atoms with E-state index in [1.165, 1.54) is 11.8 Å². The van der Waals surface area contributed by atoms with Crippen LogP contribution in [0.4, 0.5) is 0 Å².